The van der Waals surface area contributed by atoms with E-state index in [-0.39, 0.29) is 5.90 Å². The molecule has 0 spiro atoms. The summed E-state index contributed by atoms with van der Waals surface area (Å²) in [7, 11) is 0. The van der Waals surface area contributed by atoms with Crippen LogP contribution in [-0.2, 0) is 9.47 Å². The van der Waals surface area contributed by atoms with Crippen LogP contribution in [0.2, 0.25) is 0 Å². The number of benzene rings is 1. The zero-order valence-corrected chi connectivity index (χ0v) is 14.4. The number of hydrogen-bond acceptors (Lipinski definition) is 7. The molecular weight excluding hydrogens is 342 g/mol. The summed E-state index contributed by atoms with van der Waals surface area (Å²) in [5, 5.41) is 47.8. The fraction of sp³-hybridized carbons (Fsp3) is 0.450. The lowest BCUT2D eigenvalue weighted by atomic mass is 9.51. The van der Waals surface area contributed by atoms with Crippen LogP contribution in [0.15, 0.2) is 24.3 Å². The van der Waals surface area contributed by atoms with E-state index in [9.17, 15) is 15.8 Å². The predicted molar refractivity (Wildman–Crippen MR) is 90.2 cm³/mol. The number of nitrogens with one attached hydrogen (secondary N) is 1. The van der Waals surface area contributed by atoms with Gasteiger partial charge in [0.25, 0.3) is 0 Å². The van der Waals surface area contributed by atoms with Crippen molar-refractivity contribution >= 4 is 5.90 Å². The molecule has 0 radical (unpaired) electrons. The molecule has 0 amide bonds. The minimum absolute atomic E-state index is 0.351. The van der Waals surface area contributed by atoms with E-state index in [0.717, 1.165) is 12.8 Å². The zero-order valence-electron chi connectivity index (χ0n) is 14.4. The summed E-state index contributed by atoms with van der Waals surface area (Å²) >= 11 is 0. The molecule has 132 valence electrons. The molecule has 4 atom stereocenters. The molecule has 1 aliphatic carbocycles. The largest absolute Gasteiger partial charge is 0.447 e. The van der Waals surface area contributed by atoms with E-state index in [1.807, 2.05) is 18.2 Å². The Morgan fingerprint density at radius 2 is 1.70 bits per heavy atom. The molecule has 7 heteroatoms. The number of rotatable bonds is 1. The summed E-state index contributed by atoms with van der Waals surface area (Å²) in [5.74, 6) is -2.05. The van der Waals surface area contributed by atoms with Gasteiger partial charge in [-0.3, -0.25) is 5.41 Å². The molecule has 2 bridgehead atoms. The predicted octanol–water partition coefficient (Wildman–Crippen LogP) is 3.07. The van der Waals surface area contributed by atoms with Crippen molar-refractivity contribution in [3.8, 4) is 24.3 Å². The molecule has 3 aliphatic rings. The van der Waals surface area contributed by atoms with Gasteiger partial charge in [-0.05, 0) is 30.5 Å². The van der Waals surface area contributed by atoms with Gasteiger partial charge in [0, 0.05) is 6.42 Å². The van der Waals surface area contributed by atoms with Gasteiger partial charge in [0.05, 0.1) is 35.8 Å². The smallest absolute Gasteiger partial charge is 0.217 e. The normalized spacial score (nSPS) is 35.5. The average molecular weight is 357 g/mol. The van der Waals surface area contributed by atoms with Crippen molar-refractivity contribution in [3.05, 3.63) is 35.4 Å². The summed E-state index contributed by atoms with van der Waals surface area (Å²) < 4.78 is 12.1. The van der Waals surface area contributed by atoms with Crippen molar-refractivity contribution in [2.75, 3.05) is 0 Å². The standard InChI is InChI=1S/C20H15N5O2/c21-9-13-4-6-14(7-5-13)16-18(10-22,11-23)19(12-24)15-3-1-2-8-20(15,26-16)27-17(19)25/h4-7,15-16,25H,1-3,8H2. The molecule has 4 rings (SSSR count). The van der Waals surface area contributed by atoms with Gasteiger partial charge in [-0.15, -0.1) is 0 Å². The van der Waals surface area contributed by atoms with Gasteiger partial charge in [-0.1, -0.05) is 18.6 Å². The molecule has 3 fully saturated rings. The highest BCUT2D eigenvalue weighted by Gasteiger charge is 2.80. The molecule has 2 saturated heterocycles. The molecule has 1 saturated carbocycles. The van der Waals surface area contributed by atoms with Gasteiger partial charge in [-0.25, -0.2) is 0 Å². The number of nitriles is 4. The second-order valence-corrected chi connectivity index (χ2v) is 7.22. The lowest BCUT2D eigenvalue weighted by Gasteiger charge is -2.51. The van der Waals surface area contributed by atoms with Gasteiger partial charge < -0.3 is 9.47 Å². The van der Waals surface area contributed by atoms with Crippen LogP contribution in [0, 0.1) is 67.5 Å². The molecule has 27 heavy (non-hydrogen) atoms. The van der Waals surface area contributed by atoms with Crippen LogP contribution in [0.4, 0.5) is 0 Å². The Bertz CT molecular complexity index is 976. The van der Waals surface area contributed by atoms with Crippen LogP contribution in [-0.4, -0.2) is 11.7 Å². The average Bonchev–Trinajstić information content (AvgIpc) is 2.92. The fourth-order valence-electron chi connectivity index (χ4n) is 4.89. The van der Waals surface area contributed by atoms with Crippen molar-refractivity contribution in [2.45, 2.75) is 37.6 Å². The van der Waals surface area contributed by atoms with Crippen molar-refractivity contribution < 1.29 is 9.47 Å². The topological polar surface area (TPSA) is 137 Å². The monoisotopic (exact) mass is 357 g/mol. The molecular formula is C20H15N5O2. The highest BCUT2D eigenvalue weighted by Crippen LogP contribution is 2.69. The van der Waals surface area contributed by atoms with Gasteiger partial charge in [0.2, 0.25) is 17.1 Å². The molecule has 7 nitrogen and oxygen atoms in total. The Labute approximate surface area is 156 Å². The third kappa shape index (κ3) is 1.82. The van der Waals surface area contributed by atoms with Gasteiger partial charge in [0.1, 0.15) is 6.10 Å². The minimum Gasteiger partial charge on any atom is -0.447 e. The van der Waals surface area contributed by atoms with Crippen LogP contribution < -0.4 is 0 Å². The lowest BCUT2D eigenvalue weighted by Crippen LogP contribution is -2.60. The third-order valence-corrected chi connectivity index (χ3v) is 6.16. The molecule has 1 aromatic carbocycles. The van der Waals surface area contributed by atoms with Crippen LogP contribution in [0.25, 0.3) is 0 Å². The summed E-state index contributed by atoms with van der Waals surface area (Å²) in [6, 6.07) is 14.6. The maximum absolute atomic E-state index is 10.1. The lowest BCUT2D eigenvalue weighted by molar-refractivity contribution is -0.294. The zero-order chi connectivity index (χ0) is 19.3. The molecule has 1 aromatic rings. The van der Waals surface area contributed by atoms with E-state index in [1.54, 1.807) is 24.3 Å². The molecule has 1 N–H and O–H groups in total. The Balaban J connectivity index is 1.97. The number of hydrogen-bond donors (Lipinski definition) is 1. The van der Waals surface area contributed by atoms with E-state index in [0.29, 0.717) is 24.0 Å². The third-order valence-electron chi connectivity index (χ3n) is 6.16. The van der Waals surface area contributed by atoms with Gasteiger partial charge in [0.15, 0.2) is 5.41 Å². The maximum Gasteiger partial charge on any atom is 0.217 e. The number of ether oxygens (including phenoxy) is 2. The molecule has 2 heterocycles. The van der Waals surface area contributed by atoms with E-state index >= 15 is 0 Å². The summed E-state index contributed by atoms with van der Waals surface area (Å²) in [6.07, 6.45) is 1.64. The van der Waals surface area contributed by atoms with Crippen molar-refractivity contribution in [3.63, 3.8) is 0 Å². The Morgan fingerprint density at radius 3 is 2.30 bits per heavy atom. The van der Waals surface area contributed by atoms with E-state index in [2.05, 4.69) is 6.07 Å². The minimum atomic E-state index is -1.92. The fourth-order valence-corrected chi connectivity index (χ4v) is 4.89. The Hall–Kier alpha value is -3.39. The number of nitrogens with zero attached hydrogens (tertiary/aromatic N) is 4. The first-order chi connectivity index (χ1) is 13.0. The van der Waals surface area contributed by atoms with E-state index in [4.69, 9.17) is 20.1 Å². The summed E-state index contributed by atoms with van der Waals surface area (Å²) in [4.78, 5) is 0. The van der Waals surface area contributed by atoms with Crippen LogP contribution >= 0.6 is 0 Å². The first-order valence-electron chi connectivity index (χ1n) is 8.73. The van der Waals surface area contributed by atoms with Crippen molar-refractivity contribution in [2.24, 2.45) is 16.7 Å². The quantitative estimate of drug-likeness (QED) is 0.819. The summed E-state index contributed by atoms with van der Waals surface area (Å²) in [5.41, 5.74) is -2.66. The molecule has 2 aliphatic heterocycles. The van der Waals surface area contributed by atoms with Gasteiger partial charge >= 0.3 is 0 Å². The highest BCUT2D eigenvalue weighted by atomic mass is 16.7. The Kier molecular flexibility index (Phi) is 3.50. The first kappa shape index (κ1) is 17.0. The van der Waals surface area contributed by atoms with Crippen molar-refractivity contribution in [1.82, 2.24) is 0 Å². The highest BCUT2D eigenvalue weighted by molar-refractivity contribution is 5.89. The Morgan fingerprint density at radius 1 is 1.00 bits per heavy atom. The van der Waals surface area contributed by atoms with E-state index in [1.165, 1.54) is 0 Å². The second kappa shape index (κ2) is 5.55. The van der Waals surface area contributed by atoms with Crippen LogP contribution in [0.3, 0.4) is 0 Å². The summed E-state index contributed by atoms with van der Waals surface area (Å²) in [6.45, 7) is 0. The van der Waals surface area contributed by atoms with Crippen LogP contribution in [0.5, 0.6) is 0 Å². The van der Waals surface area contributed by atoms with E-state index < -0.39 is 28.6 Å². The second-order valence-electron chi connectivity index (χ2n) is 7.22. The first-order valence-corrected chi connectivity index (χ1v) is 8.73. The van der Waals surface area contributed by atoms with Crippen molar-refractivity contribution in [1.29, 1.82) is 26.5 Å². The van der Waals surface area contributed by atoms with Crippen LogP contribution in [0.1, 0.15) is 42.9 Å². The van der Waals surface area contributed by atoms with Gasteiger partial charge in [-0.2, -0.15) is 21.0 Å². The maximum atomic E-state index is 10.1. The molecule has 4 unspecified atom stereocenters. The SMILES string of the molecule is N#Cc1ccc(C2OC34CCCCC3C(C#N)(C(=N)O4)C2(C#N)C#N)cc1. The molecule has 0 aromatic heterocycles.